The summed E-state index contributed by atoms with van der Waals surface area (Å²) in [5.41, 5.74) is -0.794. The van der Waals surface area contributed by atoms with Gasteiger partial charge in [-0.2, -0.15) is 0 Å². The van der Waals surface area contributed by atoms with Crippen molar-refractivity contribution in [2.24, 2.45) is 10.8 Å². The van der Waals surface area contributed by atoms with E-state index in [-0.39, 0.29) is 22.3 Å². The molecule has 0 heterocycles. The Hall–Kier alpha value is -3.68. The number of ether oxygens (including phenoxy) is 2. The molecule has 1 aliphatic rings. The molecule has 0 atom stereocenters. The number of hydrogen-bond donors (Lipinski definition) is 2. The minimum Gasteiger partial charge on any atom is -0.478 e. The van der Waals surface area contributed by atoms with Crippen molar-refractivity contribution in [1.29, 1.82) is 0 Å². The first-order chi connectivity index (χ1) is 14.9. The molecule has 8 nitrogen and oxygen atoms in total. The van der Waals surface area contributed by atoms with Crippen molar-refractivity contribution >= 4 is 23.9 Å². The van der Waals surface area contributed by atoms with E-state index < -0.39 is 46.9 Å². The van der Waals surface area contributed by atoms with Crippen LogP contribution in [0.2, 0.25) is 0 Å². The second kappa shape index (κ2) is 8.11. The van der Waals surface area contributed by atoms with E-state index in [1.54, 1.807) is 0 Å². The van der Waals surface area contributed by atoms with Crippen molar-refractivity contribution in [2.75, 3.05) is 0 Å². The molecular formula is C24H24O8. The molecule has 2 N–H and O–H groups in total. The topological polar surface area (TPSA) is 127 Å². The molecule has 2 aromatic rings. The predicted molar refractivity (Wildman–Crippen MR) is 113 cm³/mol. The zero-order chi connectivity index (χ0) is 23.8. The van der Waals surface area contributed by atoms with Gasteiger partial charge in [0, 0.05) is 10.8 Å². The van der Waals surface area contributed by atoms with Crippen LogP contribution in [0.25, 0.3) is 0 Å². The number of hydrogen-bond acceptors (Lipinski definition) is 6. The van der Waals surface area contributed by atoms with Crippen molar-refractivity contribution in [3.05, 3.63) is 70.8 Å². The molecule has 0 amide bonds. The number of carboxylic acids is 2. The number of rotatable bonds is 6. The summed E-state index contributed by atoms with van der Waals surface area (Å²) in [6.45, 7) is 7.31. The summed E-state index contributed by atoms with van der Waals surface area (Å²) in [6.07, 6.45) is -1.12. The highest BCUT2D eigenvalue weighted by atomic mass is 16.6. The Bertz CT molecular complexity index is 965. The molecule has 2 aromatic carbocycles. The van der Waals surface area contributed by atoms with Crippen LogP contribution >= 0.6 is 0 Å². The van der Waals surface area contributed by atoms with E-state index in [4.69, 9.17) is 19.7 Å². The number of aromatic carboxylic acids is 2. The lowest BCUT2D eigenvalue weighted by Crippen LogP contribution is -2.69. The van der Waals surface area contributed by atoms with Crippen LogP contribution in [0.3, 0.4) is 0 Å². The fourth-order valence-electron chi connectivity index (χ4n) is 4.55. The molecule has 0 aliphatic heterocycles. The summed E-state index contributed by atoms with van der Waals surface area (Å²) >= 11 is 0. The monoisotopic (exact) mass is 440 g/mol. The maximum atomic E-state index is 12.6. The van der Waals surface area contributed by atoms with Gasteiger partial charge in [-0.3, -0.25) is 0 Å². The highest BCUT2D eigenvalue weighted by Crippen LogP contribution is 2.57. The Labute approximate surface area is 184 Å². The Morgan fingerprint density at radius 3 is 1.09 bits per heavy atom. The number of benzene rings is 2. The van der Waals surface area contributed by atoms with E-state index in [1.165, 1.54) is 48.5 Å². The second-order valence-electron chi connectivity index (χ2n) is 8.98. The van der Waals surface area contributed by atoms with Gasteiger partial charge in [-0.15, -0.1) is 0 Å². The van der Waals surface area contributed by atoms with E-state index in [1.807, 2.05) is 27.7 Å². The van der Waals surface area contributed by atoms with Crippen LogP contribution in [-0.4, -0.2) is 46.3 Å². The minimum atomic E-state index is -1.09. The molecule has 8 heteroatoms. The van der Waals surface area contributed by atoms with E-state index in [2.05, 4.69) is 0 Å². The van der Waals surface area contributed by atoms with Crippen molar-refractivity contribution in [1.82, 2.24) is 0 Å². The fourth-order valence-corrected chi connectivity index (χ4v) is 4.55. The van der Waals surface area contributed by atoms with Gasteiger partial charge in [0.15, 0.2) is 0 Å². The lowest BCUT2D eigenvalue weighted by molar-refractivity contribution is -0.246. The van der Waals surface area contributed by atoms with Crippen LogP contribution in [0.1, 0.15) is 69.1 Å². The highest BCUT2D eigenvalue weighted by molar-refractivity contribution is 5.93. The summed E-state index contributed by atoms with van der Waals surface area (Å²) < 4.78 is 11.4. The van der Waals surface area contributed by atoms with Gasteiger partial charge < -0.3 is 19.7 Å². The molecule has 168 valence electrons. The molecule has 0 aromatic heterocycles. The highest BCUT2D eigenvalue weighted by Gasteiger charge is 2.66. The molecule has 0 radical (unpaired) electrons. The molecule has 0 unspecified atom stereocenters. The van der Waals surface area contributed by atoms with Gasteiger partial charge in [-0.1, -0.05) is 27.7 Å². The predicted octanol–water partition coefficient (Wildman–Crippen LogP) is 3.90. The summed E-state index contributed by atoms with van der Waals surface area (Å²) in [5, 5.41) is 18.0. The third-order valence-electron chi connectivity index (χ3n) is 5.89. The van der Waals surface area contributed by atoms with Crippen LogP contribution < -0.4 is 0 Å². The maximum absolute atomic E-state index is 12.6. The van der Waals surface area contributed by atoms with E-state index in [9.17, 15) is 19.2 Å². The smallest absolute Gasteiger partial charge is 0.338 e. The Morgan fingerprint density at radius 2 is 0.844 bits per heavy atom. The summed E-state index contributed by atoms with van der Waals surface area (Å²) in [6, 6.07) is 10.9. The molecule has 0 saturated heterocycles. The molecule has 0 spiro atoms. The van der Waals surface area contributed by atoms with Gasteiger partial charge in [0.05, 0.1) is 22.3 Å². The normalized spacial score (nSPS) is 20.5. The third kappa shape index (κ3) is 4.08. The summed E-state index contributed by atoms with van der Waals surface area (Å²) in [5.74, 6) is -3.37. The quantitative estimate of drug-likeness (QED) is 0.648. The lowest BCUT2D eigenvalue weighted by Gasteiger charge is -2.61. The third-order valence-corrected chi connectivity index (χ3v) is 5.89. The molecule has 1 aliphatic carbocycles. The van der Waals surface area contributed by atoms with Gasteiger partial charge in [0.2, 0.25) is 0 Å². The first-order valence-electron chi connectivity index (χ1n) is 9.94. The number of esters is 2. The zero-order valence-corrected chi connectivity index (χ0v) is 18.1. The largest absolute Gasteiger partial charge is 0.478 e. The van der Waals surface area contributed by atoms with Crippen LogP contribution in [0.5, 0.6) is 0 Å². The first kappa shape index (κ1) is 23.0. The molecule has 3 rings (SSSR count). The average molecular weight is 440 g/mol. The number of carbonyl (C=O) groups is 4. The zero-order valence-electron chi connectivity index (χ0n) is 18.1. The molecular weight excluding hydrogens is 416 g/mol. The average Bonchev–Trinajstić information content (AvgIpc) is 2.75. The van der Waals surface area contributed by atoms with Crippen molar-refractivity contribution in [2.45, 2.75) is 39.9 Å². The summed E-state index contributed by atoms with van der Waals surface area (Å²) in [7, 11) is 0. The van der Waals surface area contributed by atoms with E-state index in [0.29, 0.717) is 0 Å². The minimum absolute atomic E-state index is 0.0641. The molecule has 32 heavy (non-hydrogen) atoms. The van der Waals surface area contributed by atoms with Crippen molar-refractivity contribution in [3.8, 4) is 0 Å². The van der Waals surface area contributed by atoms with Gasteiger partial charge in [0.1, 0.15) is 12.2 Å². The summed E-state index contributed by atoms with van der Waals surface area (Å²) in [4.78, 5) is 47.2. The van der Waals surface area contributed by atoms with Gasteiger partial charge in [0.25, 0.3) is 0 Å². The molecule has 1 fully saturated rings. The van der Waals surface area contributed by atoms with Gasteiger partial charge in [-0.05, 0) is 48.5 Å². The van der Waals surface area contributed by atoms with E-state index >= 15 is 0 Å². The lowest BCUT2D eigenvalue weighted by atomic mass is 9.51. The van der Waals surface area contributed by atoms with Crippen LogP contribution in [0, 0.1) is 10.8 Å². The standard InChI is InChI=1S/C24H24O8/c1-23(2)21(31-19(29)15-9-5-13(6-10-15)17(25)26)24(3,4)22(23)32-20(30)16-11-7-14(8-12-16)18(27)28/h5-12,21-22H,1-4H3,(H,25,26)(H,27,28). The first-order valence-corrected chi connectivity index (χ1v) is 9.94. The van der Waals surface area contributed by atoms with Gasteiger partial charge >= 0.3 is 23.9 Å². The van der Waals surface area contributed by atoms with Gasteiger partial charge in [-0.25, -0.2) is 19.2 Å². The number of carboxylic acid groups (broad SMARTS) is 2. The maximum Gasteiger partial charge on any atom is 0.338 e. The van der Waals surface area contributed by atoms with Crippen molar-refractivity contribution < 1.29 is 38.9 Å². The van der Waals surface area contributed by atoms with Crippen LogP contribution in [0.15, 0.2) is 48.5 Å². The molecule has 0 bridgehead atoms. The van der Waals surface area contributed by atoms with E-state index in [0.717, 1.165) is 0 Å². The van der Waals surface area contributed by atoms with Crippen molar-refractivity contribution in [3.63, 3.8) is 0 Å². The Morgan fingerprint density at radius 1 is 0.594 bits per heavy atom. The molecule has 1 saturated carbocycles. The van der Waals surface area contributed by atoms with Crippen LogP contribution in [-0.2, 0) is 9.47 Å². The number of carbonyl (C=O) groups excluding carboxylic acids is 2. The fraction of sp³-hybridized carbons (Fsp3) is 0.333. The Balaban J connectivity index is 1.70. The second-order valence-corrected chi connectivity index (χ2v) is 8.98. The SMILES string of the molecule is CC1(C)C(OC(=O)c2ccc(C(=O)O)cc2)C(C)(C)C1OC(=O)c1ccc(C(=O)O)cc1. The van der Waals surface area contributed by atoms with Crippen LogP contribution in [0.4, 0.5) is 0 Å². The Kier molecular flexibility index (Phi) is 5.82.